The molecule has 0 saturated heterocycles. The molecule has 4 aromatic heterocycles. The van der Waals surface area contributed by atoms with Crippen LogP contribution in [0.2, 0.25) is 0 Å². The van der Waals surface area contributed by atoms with Crippen molar-refractivity contribution >= 4 is 43.3 Å². The fourth-order valence-electron chi connectivity index (χ4n) is 2.44. The van der Waals surface area contributed by atoms with Crippen molar-refractivity contribution in [1.82, 2.24) is 14.4 Å². The highest BCUT2D eigenvalue weighted by Gasteiger charge is 2.09. The number of rotatable bonds is 0. The molecule has 86 valence electrons. The predicted octanol–water partition coefficient (Wildman–Crippen LogP) is 3.80. The Morgan fingerprint density at radius 3 is 2.89 bits per heavy atom. The zero-order valence-corrected chi connectivity index (χ0v) is 10.9. The van der Waals surface area contributed by atoms with Crippen LogP contribution in [0.1, 0.15) is 0 Å². The van der Waals surface area contributed by atoms with E-state index in [0.717, 1.165) is 31.9 Å². The molecule has 4 heterocycles. The van der Waals surface area contributed by atoms with Gasteiger partial charge in [-0.1, -0.05) is 0 Å². The topological polar surface area (TPSA) is 30.2 Å². The Labute approximate surface area is 111 Å². The Morgan fingerprint density at radius 2 is 1.94 bits per heavy atom. The standard InChI is InChI=1S/C14H8BrN3/c15-13-4-3-9-10-8-16-6-5-11(10)18-7-1-2-12(18)14(9)17-13/h1-8H. The van der Waals surface area contributed by atoms with E-state index in [2.05, 4.69) is 48.6 Å². The van der Waals surface area contributed by atoms with Crippen LogP contribution in [0, 0.1) is 0 Å². The molecule has 0 amide bonds. The lowest BCUT2D eigenvalue weighted by atomic mass is 10.1. The molecule has 0 atom stereocenters. The maximum absolute atomic E-state index is 4.59. The fourth-order valence-corrected chi connectivity index (χ4v) is 2.75. The Kier molecular flexibility index (Phi) is 1.96. The summed E-state index contributed by atoms with van der Waals surface area (Å²) in [6.07, 6.45) is 5.77. The lowest BCUT2D eigenvalue weighted by Gasteiger charge is -2.07. The molecule has 4 rings (SSSR count). The van der Waals surface area contributed by atoms with Gasteiger partial charge in [-0.25, -0.2) is 4.98 Å². The Balaban J connectivity index is 2.44. The molecule has 0 aliphatic rings. The molecule has 4 heteroatoms. The molecule has 18 heavy (non-hydrogen) atoms. The number of aromatic nitrogens is 3. The summed E-state index contributed by atoms with van der Waals surface area (Å²) < 4.78 is 3.00. The maximum Gasteiger partial charge on any atom is 0.106 e. The fraction of sp³-hybridized carbons (Fsp3) is 0. The summed E-state index contributed by atoms with van der Waals surface area (Å²) in [5.41, 5.74) is 3.27. The van der Waals surface area contributed by atoms with Gasteiger partial charge in [-0.05, 0) is 46.3 Å². The summed E-state index contributed by atoms with van der Waals surface area (Å²) in [6, 6.07) is 10.2. The first-order valence-electron chi connectivity index (χ1n) is 5.63. The molecular formula is C14H8BrN3. The maximum atomic E-state index is 4.59. The van der Waals surface area contributed by atoms with Crippen molar-refractivity contribution < 1.29 is 0 Å². The third-order valence-corrected chi connectivity index (χ3v) is 3.64. The second-order valence-corrected chi connectivity index (χ2v) is 5.00. The number of fused-ring (bicyclic) bond motifs is 6. The average Bonchev–Trinajstić information content (AvgIpc) is 2.88. The molecule has 0 aliphatic heterocycles. The highest BCUT2D eigenvalue weighted by molar-refractivity contribution is 9.10. The van der Waals surface area contributed by atoms with E-state index in [-0.39, 0.29) is 0 Å². The first kappa shape index (κ1) is 10.0. The summed E-state index contributed by atoms with van der Waals surface area (Å²) in [6.45, 7) is 0. The van der Waals surface area contributed by atoms with Crippen molar-refractivity contribution in [3.8, 4) is 0 Å². The van der Waals surface area contributed by atoms with Gasteiger partial charge in [0.05, 0.1) is 16.6 Å². The van der Waals surface area contributed by atoms with Gasteiger partial charge in [0.25, 0.3) is 0 Å². The summed E-state index contributed by atoms with van der Waals surface area (Å²) in [7, 11) is 0. The quantitative estimate of drug-likeness (QED) is 0.365. The van der Waals surface area contributed by atoms with Crippen molar-refractivity contribution in [3.63, 3.8) is 0 Å². The zero-order chi connectivity index (χ0) is 12.1. The number of nitrogens with zero attached hydrogens (tertiary/aromatic N) is 3. The van der Waals surface area contributed by atoms with E-state index in [0.29, 0.717) is 0 Å². The van der Waals surface area contributed by atoms with Crippen LogP contribution in [0.5, 0.6) is 0 Å². The van der Waals surface area contributed by atoms with Gasteiger partial charge in [0, 0.05) is 29.4 Å². The van der Waals surface area contributed by atoms with E-state index in [1.165, 1.54) is 0 Å². The Bertz CT molecular complexity index is 895. The van der Waals surface area contributed by atoms with E-state index < -0.39 is 0 Å². The number of hydrogen-bond donors (Lipinski definition) is 0. The van der Waals surface area contributed by atoms with Crippen LogP contribution in [0.3, 0.4) is 0 Å². The summed E-state index contributed by atoms with van der Waals surface area (Å²) in [4.78, 5) is 8.82. The molecule has 0 bridgehead atoms. The van der Waals surface area contributed by atoms with Gasteiger partial charge in [-0.3, -0.25) is 4.98 Å². The predicted molar refractivity (Wildman–Crippen MR) is 75.7 cm³/mol. The van der Waals surface area contributed by atoms with Crippen LogP contribution >= 0.6 is 15.9 Å². The van der Waals surface area contributed by atoms with Crippen LogP contribution in [0.4, 0.5) is 0 Å². The monoisotopic (exact) mass is 297 g/mol. The van der Waals surface area contributed by atoms with Gasteiger partial charge in [0.1, 0.15) is 4.60 Å². The first-order valence-corrected chi connectivity index (χ1v) is 6.43. The number of hydrogen-bond acceptors (Lipinski definition) is 2. The molecule has 0 unspecified atom stereocenters. The van der Waals surface area contributed by atoms with Crippen molar-refractivity contribution in [3.05, 3.63) is 53.5 Å². The third-order valence-electron chi connectivity index (χ3n) is 3.20. The van der Waals surface area contributed by atoms with Crippen LogP contribution in [-0.2, 0) is 0 Å². The molecule has 0 aliphatic carbocycles. The Hall–Kier alpha value is -1.94. The number of pyridine rings is 3. The first-order chi connectivity index (χ1) is 8.84. The van der Waals surface area contributed by atoms with E-state index in [1.807, 2.05) is 30.6 Å². The lowest BCUT2D eigenvalue weighted by Crippen LogP contribution is -1.92. The Morgan fingerprint density at radius 1 is 1.00 bits per heavy atom. The van der Waals surface area contributed by atoms with Crippen LogP contribution in [0.15, 0.2) is 53.5 Å². The zero-order valence-electron chi connectivity index (χ0n) is 9.34. The summed E-state index contributed by atoms with van der Waals surface area (Å²) in [5, 5.41) is 2.25. The van der Waals surface area contributed by atoms with Crippen molar-refractivity contribution in [2.24, 2.45) is 0 Å². The van der Waals surface area contributed by atoms with Gasteiger partial charge >= 0.3 is 0 Å². The van der Waals surface area contributed by atoms with E-state index in [4.69, 9.17) is 0 Å². The molecule has 0 spiro atoms. The second-order valence-electron chi connectivity index (χ2n) is 4.19. The average molecular weight is 298 g/mol. The largest absolute Gasteiger partial charge is 0.314 e. The van der Waals surface area contributed by atoms with Crippen molar-refractivity contribution in [1.29, 1.82) is 0 Å². The van der Waals surface area contributed by atoms with Gasteiger partial charge in [0.15, 0.2) is 0 Å². The van der Waals surface area contributed by atoms with E-state index in [1.54, 1.807) is 0 Å². The van der Waals surface area contributed by atoms with E-state index >= 15 is 0 Å². The minimum absolute atomic E-state index is 0.848. The van der Waals surface area contributed by atoms with Gasteiger partial charge in [-0.15, -0.1) is 0 Å². The van der Waals surface area contributed by atoms with Crippen molar-refractivity contribution in [2.45, 2.75) is 0 Å². The van der Waals surface area contributed by atoms with E-state index in [9.17, 15) is 0 Å². The van der Waals surface area contributed by atoms with Crippen LogP contribution < -0.4 is 0 Å². The minimum Gasteiger partial charge on any atom is -0.314 e. The molecule has 3 nitrogen and oxygen atoms in total. The van der Waals surface area contributed by atoms with Crippen molar-refractivity contribution in [2.75, 3.05) is 0 Å². The molecule has 0 N–H and O–H groups in total. The minimum atomic E-state index is 0.848. The smallest absolute Gasteiger partial charge is 0.106 e. The molecular weight excluding hydrogens is 290 g/mol. The van der Waals surface area contributed by atoms with Crippen LogP contribution in [0.25, 0.3) is 27.3 Å². The molecule has 4 aromatic rings. The molecule has 0 saturated carbocycles. The lowest BCUT2D eigenvalue weighted by molar-refractivity contribution is 1.24. The molecule has 0 fully saturated rings. The summed E-state index contributed by atoms with van der Waals surface area (Å²) >= 11 is 3.43. The van der Waals surface area contributed by atoms with Crippen LogP contribution in [-0.4, -0.2) is 14.4 Å². The number of halogens is 1. The van der Waals surface area contributed by atoms with Gasteiger partial charge in [-0.2, -0.15) is 0 Å². The highest BCUT2D eigenvalue weighted by Crippen LogP contribution is 2.28. The molecule has 0 radical (unpaired) electrons. The third kappa shape index (κ3) is 1.24. The summed E-state index contributed by atoms with van der Waals surface area (Å²) in [5.74, 6) is 0. The SMILES string of the molecule is Brc1ccc2c3cnccc3n3cccc3c2n1. The highest BCUT2D eigenvalue weighted by atomic mass is 79.9. The molecule has 0 aromatic carbocycles. The van der Waals surface area contributed by atoms with Gasteiger partial charge < -0.3 is 4.40 Å². The van der Waals surface area contributed by atoms with Gasteiger partial charge in [0.2, 0.25) is 0 Å². The second kappa shape index (κ2) is 3.53. The normalized spacial score (nSPS) is 11.6.